The first-order chi connectivity index (χ1) is 52.0. The van der Waals surface area contributed by atoms with E-state index in [1.807, 2.05) is 110 Å². The van der Waals surface area contributed by atoms with Crippen LogP contribution in [0.2, 0.25) is 0 Å². The van der Waals surface area contributed by atoms with Crippen molar-refractivity contribution in [1.29, 1.82) is 10.5 Å². The van der Waals surface area contributed by atoms with E-state index >= 15 is 0 Å². The number of aliphatic hydroxyl groups excluding tert-OH is 1. The monoisotopic (exact) mass is 1420 g/mol. The Balaban J connectivity index is 0.000000123. The van der Waals surface area contributed by atoms with Gasteiger partial charge in [0.1, 0.15) is 23.7 Å². The lowest BCUT2D eigenvalue weighted by Gasteiger charge is -2.40. The van der Waals surface area contributed by atoms with Gasteiger partial charge in [-0.3, -0.25) is 18.5 Å². The molecular formula is C86H89FN18O2. The smallest absolute Gasteiger partial charge is 0.185 e. The number of nitrogens with one attached hydrogen (secondary N) is 2. The first-order valence-electron chi connectivity index (χ1n) is 37.5. The lowest BCUT2D eigenvalue weighted by Crippen LogP contribution is -2.47. The molecule has 107 heavy (non-hydrogen) atoms. The van der Waals surface area contributed by atoms with Gasteiger partial charge >= 0.3 is 0 Å². The van der Waals surface area contributed by atoms with E-state index in [9.17, 15) is 14.3 Å². The third kappa shape index (κ3) is 14.1. The Morgan fingerprint density at radius 1 is 0.589 bits per heavy atom. The predicted octanol–water partition coefficient (Wildman–Crippen LogP) is 14.2. The maximum Gasteiger partial charge on any atom is 0.185 e. The summed E-state index contributed by atoms with van der Waals surface area (Å²) in [5, 5.41) is 43.5. The van der Waals surface area contributed by atoms with Gasteiger partial charge in [0.2, 0.25) is 0 Å². The van der Waals surface area contributed by atoms with Gasteiger partial charge < -0.3 is 44.1 Å². The highest BCUT2D eigenvalue weighted by molar-refractivity contribution is 5.85. The van der Waals surface area contributed by atoms with Crippen molar-refractivity contribution in [3.63, 3.8) is 0 Å². The molecule has 3 atom stereocenters. The van der Waals surface area contributed by atoms with Crippen LogP contribution in [0.1, 0.15) is 95.0 Å². The van der Waals surface area contributed by atoms with E-state index in [2.05, 4.69) is 176 Å². The van der Waals surface area contributed by atoms with Gasteiger partial charge in [-0.05, 0) is 189 Å². The topological polar surface area (TPSA) is 213 Å². The largest absolute Gasteiger partial charge is 0.395 e. The second-order valence-electron chi connectivity index (χ2n) is 30.4. The Labute approximate surface area is 623 Å². The number of benzene rings is 5. The van der Waals surface area contributed by atoms with E-state index < -0.39 is 5.54 Å². The fourth-order valence-electron chi connectivity index (χ4n) is 16.0. The Bertz CT molecular complexity index is 5320. The van der Waals surface area contributed by atoms with Crippen molar-refractivity contribution in [3.05, 3.63) is 223 Å². The lowest BCUT2D eigenvalue weighted by molar-refractivity contribution is -0.122. The van der Waals surface area contributed by atoms with Crippen LogP contribution in [0.25, 0.3) is 85.0 Å². The third-order valence-corrected chi connectivity index (χ3v) is 22.6. The van der Waals surface area contributed by atoms with Crippen LogP contribution in [-0.2, 0) is 24.4 Å². The molecule has 0 spiro atoms. The molecule has 0 saturated carbocycles. The second-order valence-corrected chi connectivity index (χ2v) is 30.4. The number of aromatic nitrogens is 11. The van der Waals surface area contributed by atoms with E-state index in [0.29, 0.717) is 28.9 Å². The van der Waals surface area contributed by atoms with Gasteiger partial charge in [-0.2, -0.15) is 10.5 Å². The van der Waals surface area contributed by atoms with Crippen LogP contribution in [-0.4, -0.2) is 134 Å². The summed E-state index contributed by atoms with van der Waals surface area (Å²) in [5.74, 6) is 5.93. The highest BCUT2D eigenvalue weighted by Gasteiger charge is 2.33. The lowest BCUT2D eigenvalue weighted by atomic mass is 9.95. The molecule has 13 heterocycles. The van der Waals surface area contributed by atoms with Crippen LogP contribution in [0.5, 0.6) is 0 Å². The van der Waals surface area contributed by atoms with Crippen molar-refractivity contribution in [2.45, 2.75) is 98.4 Å². The van der Waals surface area contributed by atoms with E-state index in [-0.39, 0.29) is 24.2 Å². The molecule has 5 aromatic carbocycles. The Hall–Kier alpha value is -11.5. The van der Waals surface area contributed by atoms with E-state index in [1.54, 1.807) is 13.3 Å². The van der Waals surface area contributed by atoms with Gasteiger partial charge in [0.25, 0.3) is 0 Å². The number of nitriles is 2. The number of Topliss-reactive ketones (excluding diaryl/α,β-unsaturated/α-hetero) is 1. The Kier molecular flexibility index (Phi) is 19.2. The van der Waals surface area contributed by atoms with E-state index in [4.69, 9.17) is 20.5 Å². The minimum Gasteiger partial charge on any atom is -0.395 e. The molecule has 3 saturated heterocycles. The van der Waals surface area contributed by atoms with Crippen molar-refractivity contribution in [2.24, 2.45) is 23.7 Å². The van der Waals surface area contributed by atoms with Crippen LogP contribution in [0.4, 0.5) is 21.6 Å². The van der Waals surface area contributed by atoms with Crippen LogP contribution < -0.4 is 25.3 Å². The highest BCUT2D eigenvalue weighted by Crippen LogP contribution is 2.41. The van der Waals surface area contributed by atoms with E-state index in [0.717, 1.165) is 176 Å². The van der Waals surface area contributed by atoms with Crippen molar-refractivity contribution >= 4 is 23.0 Å². The fraction of sp³-hybridized carbons (Fsp3) is 0.326. The molecule has 18 rings (SSSR count). The van der Waals surface area contributed by atoms with Crippen LogP contribution >= 0.6 is 0 Å². The fourth-order valence-corrected chi connectivity index (χ4v) is 16.0. The van der Waals surface area contributed by atoms with Crippen LogP contribution in [0, 0.1) is 52.2 Å². The maximum atomic E-state index is 13.5. The maximum absolute atomic E-state index is 13.5. The van der Waals surface area contributed by atoms with Gasteiger partial charge in [0.05, 0.1) is 75.8 Å². The minimum atomic E-state index is -0.485. The minimum absolute atomic E-state index is 0.158. The number of pyridine rings is 1. The number of hydrogen-bond donors (Lipinski definition) is 3. The Morgan fingerprint density at radius 3 is 1.56 bits per heavy atom. The summed E-state index contributed by atoms with van der Waals surface area (Å²) < 4.78 is 26.6. The zero-order valence-corrected chi connectivity index (χ0v) is 61.5. The number of fused-ring (bicyclic) bond motifs is 15. The number of rotatable bonds is 17. The average Bonchev–Trinajstić information content (AvgIpc) is 1.62. The molecule has 3 fully saturated rings. The summed E-state index contributed by atoms with van der Waals surface area (Å²) in [4.78, 5) is 33.4. The molecule has 6 aliphatic heterocycles. The van der Waals surface area contributed by atoms with Gasteiger partial charge in [-0.1, -0.05) is 63.6 Å². The van der Waals surface area contributed by atoms with Crippen molar-refractivity contribution in [3.8, 4) is 97.1 Å². The molecular weight excluding hydrogens is 1340 g/mol. The van der Waals surface area contributed by atoms with Gasteiger partial charge in [-0.25, -0.2) is 19.3 Å². The number of hydrogen-bond acceptors (Lipinski definition) is 14. The molecule has 0 bridgehead atoms. The zero-order valence-electron chi connectivity index (χ0n) is 61.5. The molecule has 0 radical (unpaired) electrons. The van der Waals surface area contributed by atoms with Gasteiger partial charge in [-0.15, -0.1) is 10.2 Å². The molecule has 20 nitrogen and oxygen atoms in total. The van der Waals surface area contributed by atoms with Crippen LogP contribution in [0.3, 0.4) is 0 Å². The number of halogens is 1. The SMILES string of the molecule is CC(=O)C(C)(C)NCC1CCN(c2ccc3c(c2)Cn2cc(-c4ccc(F)cc4)cc2-c2nccn2-3)C1.CC(C)[C@@H](CO)NC[C@H]1CCN(c2ccc3c(c2)Cn2cc(-c4ccc(C#N)cc4)cc2-c2nccn2-3)C1.CCCC1CN(c2cc3c(cn2)-n2cnnc2-c2cc(-c4ccc(C#N)cc4)cn2C3)C1. The number of anilines is 3. The van der Waals surface area contributed by atoms with E-state index in [1.165, 1.54) is 58.7 Å². The molecule has 7 aromatic heterocycles. The van der Waals surface area contributed by atoms with Crippen molar-refractivity contribution < 1.29 is 14.3 Å². The molecule has 1 unspecified atom stereocenters. The number of nitrogens with zero attached hydrogens (tertiary/aromatic N) is 16. The molecule has 0 amide bonds. The Morgan fingerprint density at radius 2 is 1.07 bits per heavy atom. The quantitative estimate of drug-likeness (QED) is 0.0774. The summed E-state index contributed by atoms with van der Waals surface area (Å²) in [5.41, 5.74) is 20.0. The van der Waals surface area contributed by atoms with Gasteiger partial charge in [0.15, 0.2) is 17.5 Å². The van der Waals surface area contributed by atoms with Gasteiger partial charge in [0, 0.05) is 155 Å². The first kappa shape index (κ1) is 69.9. The second kappa shape index (κ2) is 29.5. The average molecular weight is 1430 g/mol. The number of carbonyl (C=O) groups is 1. The summed E-state index contributed by atoms with van der Waals surface area (Å²) >= 11 is 0. The summed E-state index contributed by atoms with van der Waals surface area (Å²) in [6.45, 7) is 22.5. The summed E-state index contributed by atoms with van der Waals surface area (Å²) in [6, 6.07) is 48.9. The number of ketones is 1. The van der Waals surface area contributed by atoms with Crippen molar-refractivity contribution in [1.82, 2.24) is 63.2 Å². The summed E-state index contributed by atoms with van der Waals surface area (Å²) in [7, 11) is 0. The predicted molar refractivity (Wildman–Crippen MR) is 417 cm³/mol. The van der Waals surface area contributed by atoms with Crippen molar-refractivity contribution in [2.75, 3.05) is 73.7 Å². The number of imidazole rings is 2. The zero-order chi connectivity index (χ0) is 73.6. The molecule has 0 aliphatic carbocycles. The molecule has 12 aromatic rings. The third-order valence-electron chi connectivity index (χ3n) is 22.6. The highest BCUT2D eigenvalue weighted by atomic mass is 19.1. The number of aliphatic hydroxyl groups is 1. The molecule has 6 aliphatic rings. The van der Waals surface area contributed by atoms with Crippen LogP contribution in [0.15, 0.2) is 189 Å². The number of carbonyl (C=O) groups excluding carboxylic acids is 1. The normalized spacial score (nSPS) is 16.2. The molecule has 542 valence electrons. The molecule has 3 N–H and O–H groups in total. The molecule has 21 heteroatoms. The summed E-state index contributed by atoms with van der Waals surface area (Å²) in [6.07, 6.45) is 22.8. The standard InChI is InChI=1S/C31H34N6O.C30H32FN5O.C25H23N7/c1-21(2)28(20-38)34-16-23-9-11-35(17-23)27-7-8-29-26(13-27)19-36-18-25(24-5-3-22(15-32)4-6-24)14-30(36)31-33-10-12-37(29)31;1-20(37)30(2,3)33-16-21-10-12-34(17-21)26-8-9-27-24(14-26)19-35-18-23(22-4-6-25(31)7-5-22)15-28(35)29-32-11-13-36(27)29;1-2-3-18-12-31(13-18)24-9-21-15-30-14-20(19-6-4-17(10-26)5-7-19)8-22(30)25-29-28-16-32(25)23(21)11-27-24/h3-8,10,12-14,18,21,23,28,34,38H,9,11,16-17,19-20H2,1-2H3;4-9,11,13-15,18,21,33H,10,12,16-17,19H2,1-3H3;4-9,11,14,16,18H,2-3,12-13,15H2,1H3/t23-,28-;;/m1../s1. The first-order valence-corrected chi connectivity index (χ1v) is 37.5.